The Hall–Kier alpha value is -0.650. The van der Waals surface area contributed by atoms with Crippen molar-refractivity contribution in [2.45, 2.75) is 45.7 Å². The van der Waals surface area contributed by atoms with Gasteiger partial charge in [-0.2, -0.15) is 0 Å². The standard InChI is InChI=1S/C12H25NO4/c1-5-6-16-7-8-17-9-12(4,11(14)15)13-10(2)3/h10,13H,5-9H2,1-4H3,(H,14,15). The first-order chi connectivity index (χ1) is 7.92. The van der Waals surface area contributed by atoms with Gasteiger partial charge in [0.15, 0.2) is 0 Å². The molecule has 5 nitrogen and oxygen atoms in total. The first-order valence-corrected chi connectivity index (χ1v) is 6.09. The van der Waals surface area contributed by atoms with Crippen LogP contribution in [0.2, 0.25) is 0 Å². The summed E-state index contributed by atoms with van der Waals surface area (Å²) >= 11 is 0. The van der Waals surface area contributed by atoms with Crippen LogP contribution in [0, 0.1) is 0 Å². The van der Waals surface area contributed by atoms with Gasteiger partial charge in [0, 0.05) is 12.6 Å². The van der Waals surface area contributed by atoms with Crippen molar-refractivity contribution in [3.8, 4) is 0 Å². The number of rotatable bonds is 10. The second-order valence-electron chi connectivity index (χ2n) is 4.60. The fourth-order valence-electron chi connectivity index (χ4n) is 1.44. The van der Waals surface area contributed by atoms with Crippen molar-refractivity contribution in [1.82, 2.24) is 5.32 Å². The van der Waals surface area contributed by atoms with Gasteiger partial charge in [0.2, 0.25) is 0 Å². The zero-order valence-corrected chi connectivity index (χ0v) is 11.3. The fourth-order valence-corrected chi connectivity index (χ4v) is 1.44. The molecule has 2 N–H and O–H groups in total. The quantitative estimate of drug-likeness (QED) is 0.569. The molecule has 0 spiro atoms. The molecule has 0 saturated carbocycles. The Morgan fingerprint density at radius 3 is 2.35 bits per heavy atom. The Labute approximate surface area is 103 Å². The molecule has 1 atom stereocenters. The maximum Gasteiger partial charge on any atom is 0.326 e. The van der Waals surface area contributed by atoms with Crippen molar-refractivity contribution in [2.75, 3.05) is 26.4 Å². The summed E-state index contributed by atoms with van der Waals surface area (Å²) in [5.74, 6) is -0.902. The van der Waals surface area contributed by atoms with Crippen LogP contribution in [-0.2, 0) is 14.3 Å². The lowest BCUT2D eigenvalue weighted by Crippen LogP contribution is -2.55. The van der Waals surface area contributed by atoms with Crippen molar-refractivity contribution in [3.05, 3.63) is 0 Å². The minimum absolute atomic E-state index is 0.0936. The van der Waals surface area contributed by atoms with E-state index in [0.29, 0.717) is 19.8 Å². The minimum atomic E-state index is -1.04. The molecule has 0 bridgehead atoms. The van der Waals surface area contributed by atoms with Gasteiger partial charge in [0.25, 0.3) is 0 Å². The second-order valence-corrected chi connectivity index (χ2v) is 4.60. The number of ether oxygens (including phenoxy) is 2. The highest BCUT2D eigenvalue weighted by atomic mass is 16.5. The van der Waals surface area contributed by atoms with Crippen molar-refractivity contribution in [1.29, 1.82) is 0 Å². The van der Waals surface area contributed by atoms with E-state index in [1.807, 2.05) is 20.8 Å². The van der Waals surface area contributed by atoms with E-state index >= 15 is 0 Å². The summed E-state index contributed by atoms with van der Waals surface area (Å²) in [6.07, 6.45) is 0.974. The van der Waals surface area contributed by atoms with Crippen LogP contribution in [-0.4, -0.2) is 49.1 Å². The molecule has 0 rings (SSSR count). The topological polar surface area (TPSA) is 67.8 Å². The summed E-state index contributed by atoms with van der Waals surface area (Å²) in [5, 5.41) is 12.1. The third-order valence-corrected chi connectivity index (χ3v) is 2.19. The Morgan fingerprint density at radius 2 is 1.88 bits per heavy atom. The van der Waals surface area contributed by atoms with E-state index in [1.54, 1.807) is 6.92 Å². The summed E-state index contributed by atoms with van der Waals surface area (Å²) in [7, 11) is 0. The Bertz CT molecular complexity index is 221. The van der Waals surface area contributed by atoms with Gasteiger partial charge in [0.05, 0.1) is 19.8 Å². The van der Waals surface area contributed by atoms with Gasteiger partial charge in [-0.1, -0.05) is 6.92 Å². The van der Waals surface area contributed by atoms with E-state index < -0.39 is 11.5 Å². The van der Waals surface area contributed by atoms with E-state index in [4.69, 9.17) is 14.6 Å². The summed E-state index contributed by atoms with van der Waals surface area (Å²) in [5.41, 5.74) is -1.04. The molecule has 0 aliphatic heterocycles. The molecule has 0 saturated heterocycles. The Kier molecular flexibility index (Phi) is 8.12. The van der Waals surface area contributed by atoms with Gasteiger partial charge in [-0.25, -0.2) is 0 Å². The predicted molar refractivity (Wildman–Crippen MR) is 66.2 cm³/mol. The van der Waals surface area contributed by atoms with Crippen LogP contribution < -0.4 is 5.32 Å². The lowest BCUT2D eigenvalue weighted by molar-refractivity contribution is -0.147. The van der Waals surface area contributed by atoms with Crippen molar-refractivity contribution in [2.24, 2.45) is 0 Å². The molecule has 0 aliphatic rings. The average Bonchev–Trinajstić information content (AvgIpc) is 2.22. The zero-order valence-electron chi connectivity index (χ0n) is 11.3. The predicted octanol–water partition coefficient (Wildman–Crippen LogP) is 1.27. The maximum atomic E-state index is 11.1. The third-order valence-electron chi connectivity index (χ3n) is 2.19. The van der Waals surface area contributed by atoms with Crippen LogP contribution >= 0.6 is 0 Å². The van der Waals surface area contributed by atoms with Crippen molar-refractivity contribution < 1.29 is 19.4 Å². The van der Waals surface area contributed by atoms with Crippen molar-refractivity contribution >= 4 is 5.97 Å². The number of carboxylic acids is 1. The third kappa shape index (κ3) is 7.31. The molecule has 102 valence electrons. The monoisotopic (exact) mass is 247 g/mol. The highest BCUT2D eigenvalue weighted by molar-refractivity contribution is 5.78. The van der Waals surface area contributed by atoms with Crippen LogP contribution in [0.1, 0.15) is 34.1 Å². The Morgan fingerprint density at radius 1 is 1.29 bits per heavy atom. The van der Waals surface area contributed by atoms with Crippen LogP contribution in [0.5, 0.6) is 0 Å². The first kappa shape index (κ1) is 16.4. The summed E-state index contributed by atoms with van der Waals surface area (Å²) in [4.78, 5) is 11.1. The number of hydrogen-bond acceptors (Lipinski definition) is 4. The van der Waals surface area contributed by atoms with Crippen molar-refractivity contribution in [3.63, 3.8) is 0 Å². The van der Waals surface area contributed by atoms with Gasteiger partial charge in [0.1, 0.15) is 5.54 Å². The lowest BCUT2D eigenvalue weighted by atomic mass is 10.0. The smallest absolute Gasteiger partial charge is 0.326 e. The normalized spacial score (nSPS) is 14.9. The molecule has 0 aromatic carbocycles. The Balaban J connectivity index is 3.89. The van der Waals surface area contributed by atoms with E-state index in [-0.39, 0.29) is 12.6 Å². The van der Waals surface area contributed by atoms with Crippen LogP contribution in [0.4, 0.5) is 0 Å². The van der Waals surface area contributed by atoms with E-state index in [9.17, 15) is 4.79 Å². The largest absolute Gasteiger partial charge is 0.480 e. The molecular formula is C12H25NO4. The molecule has 0 aliphatic carbocycles. The average molecular weight is 247 g/mol. The minimum Gasteiger partial charge on any atom is -0.480 e. The van der Waals surface area contributed by atoms with Gasteiger partial charge in [-0.05, 0) is 27.2 Å². The van der Waals surface area contributed by atoms with Crippen LogP contribution in [0.3, 0.4) is 0 Å². The maximum absolute atomic E-state index is 11.1. The van der Waals surface area contributed by atoms with E-state index in [2.05, 4.69) is 5.32 Å². The van der Waals surface area contributed by atoms with Crippen LogP contribution in [0.15, 0.2) is 0 Å². The van der Waals surface area contributed by atoms with Gasteiger partial charge < -0.3 is 14.6 Å². The molecule has 0 heterocycles. The molecule has 0 fully saturated rings. The number of hydrogen-bond donors (Lipinski definition) is 2. The molecule has 0 aromatic heterocycles. The number of carboxylic acid groups (broad SMARTS) is 1. The fraction of sp³-hybridized carbons (Fsp3) is 0.917. The molecule has 0 aromatic rings. The van der Waals surface area contributed by atoms with E-state index in [1.165, 1.54) is 0 Å². The van der Waals surface area contributed by atoms with Crippen LogP contribution in [0.25, 0.3) is 0 Å². The molecule has 0 amide bonds. The number of nitrogens with one attached hydrogen (secondary N) is 1. The summed E-state index contributed by atoms with van der Waals surface area (Å²) < 4.78 is 10.6. The summed E-state index contributed by atoms with van der Waals surface area (Å²) in [6.45, 7) is 9.25. The van der Waals surface area contributed by atoms with Gasteiger partial charge in [-0.3, -0.25) is 10.1 Å². The number of aliphatic carboxylic acids is 1. The molecule has 17 heavy (non-hydrogen) atoms. The lowest BCUT2D eigenvalue weighted by Gasteiger charge is -2.28. The molecule has 1 unspecified atom stereocenters. The number of carbonyl (C=O) groups is 1. The SMILES string of the molecule is CCCOCCOCC(C)(NC(C)C)C(=O)O. The zero-order chi connectivity index (χ0) is 13.3. The van der Waals surface area contributed by atoms with E-state index in [0.717, 1.165) is 6.42 Å². The molecular weight excluding hydrogens is 222 g/mol. The second kappa shape index (κ2) is 8.44. The highest BCUT2D eigenvalue weighted by Gasteiger charge is 2.33. The molecule has 0 radical (unpaired) electrons. The molecule has 5 heteroatoms. The van der Waals surface area contributed by atoms with Gasteiger partial charge >= 0.3 is 5.97 Å². The highest BCUT2D eigenvalue weighted by Crippen LogP contribution is 2.06. The summed E-state index contributed by atoms with van der Waals surface area (Å²) in [6, 6.07) is 0.0936. The first-order valence-electron chi connectivity index (χ1n) is 6.09. The van der Waals surface area contributed by atoms with Gasteiger partial charge in [-0.15, -0.1) is 0 Å².